The van der Waals surface area contributed by atoms with Crippen LogP contribution in [0.25, 0.3) is 11.1 Å². The number of nitrogens with one attached hydrogen (secondary N) is 2. The molecule has 1 fully saturated rings. The van der Waals surface area contributed by atoms with Gasteiger partial charge in [-0.15, -0.1) is 11.8 Å². The second kappa shape index (κ2) is 18.7. The van der Waals surface area contributed by atoms with Gasteiger partial charge in [0.1, 0.15) is 6.04 Å². The summed E-state index contributed by atoms with van der Waals surface area (Å²) in [6, 6.07) is 38.6. The van der Waals surface area contributed by atoms with Crippen LogP contribution in [0.5, 0.6) is 0 Å². The summed E-state index contributed by atoms with van der Waals surface area (Å²) in [6.07, 6.45) is -0.868. The maximum atomic E-state index is 12.9. The number of carboxylic acids is 1. The average Bonchev–Trinajstić information content (AvgIpc) is 3.22. The van der Waals surface area contributed by atoms with Crippen LogP contribution in [0.3, 0.4) is 0 Å². The van der Waals surface area contributed by atoms with E-state index in [9.17, 15) is 24.6 Å². The number of esters is 1. The van der Waals surface area contributed by atoms with Gasteiger partial charge in [0.05, 0.1) is 31.5 Å². The quantitative estimate of drug-likeness (QED) is 0.0661. The molecule has 0 radical (unpaired) electrons. The molecule has 284 valence electrons. The molecule has 2 amide bonds. The molecule has 1 heterocycles. The maximum absolute atomic E-state index is 12.9. The van der Waals surface area contributed by atoms with Crippen LogP contribution < -0.4 is 10.6 Å². The molecule has 10 nitrogen and oxygen atoms in total. The van der Waals surface area contributed by atoms with E-state index < -0.39 is 30.3 Å². The number of methoxy groups -OCH3 is 1. The Kier molecular flexibility index (Phi) is 13.4. The van der Waals surface area contributed by atoms with Crippen molar-refractivity contribution < 1.29 is 38.8 Å². The van der Waals surface area contributed by atoms with E-state index >= 15 is 0 Å². The number of rotatable bonds is 14. The summed E-state index contributed by atoms with van der Waals surface area (Å²) in [4.78, 5) is 37.6. The molecule has 0 aliphatic carbocycles. The molecule has 1 aliphatic rings. The smallest absolute Gasteiger partial charge is 0.335 e. The first kappa shape index (κ1) is 39.2. The standard InChI is InChI=1S/C44H44N2O8S/c1-28-39(27-55-37-20-18-33(19-21-37)41(48)49)53-43(54-40(28)32-16-14-30(26-47)15-17-32)36-13-7-12-35(24-36)34-11-6-10-31(22-34)25-45-44(51)46-38(42(50)52-2)23-29-8-4-3-5-9-29/h3-22,24,28,38-40,43,47H,23,25-27H2,1-2H3,(H,48,49)(H2,45,46,51)/t28-,38-,39+,40+,43+/m0/s1. The van der Waals surface area contributed by atoms with Crippen molar-refractivity contribution in [2.75, 3.05) is 12.9 Å². The molecule has 0 saturated carbocycles. The predicted octanol–water partition coefficient (Wildman–Crippen LogP) is 7.71. The fourth-order valence-electron chi connectivity index (χ4n) is 6.48. The van der Waals surface area contributed by atoms with E-state index in [4.69, 9.17) is 14.2 Å². The molecule has 0 unspecified atom stereocenters. The van der Waals surface area contributed by atoms with Crippen LogP contribution in [0.1, 0.15) is 57.5 Å². The van der Waals surface area contributed by atoms with Gasteiger partial charge < -0.3 is 35.1 Å². The third-order valence-electron chi connectivity index (χ3n) is 9.58. The summed E-state index contributed by atoms with van der Waals surface area (Å²) in [6.45, 7) is 2.30. The van der Waals surface area contributed by atoms with Gasteiger partial charge in [-0.1, -0.05) is 97.9 Å². The SMILES string of the molecule is COC(=O)[C@H](Cc1ccccc1)NC(=O)NCc1cccc(-c2cccc([C@@H]3O[C@H](CSc4ccc(C(=O)O)cc4)[C@H](C)[C@H](c4ccc(CO)cc4)O3)c2)c1. The molecule has 4 N–H and O–H groups in total. The molecule has 0 aromatic heterocycles. The first-order valence-corrected chi connectivity index (χ1v) is 19.0. The van der Waals surface area contributed by atoms with Gasteiger partial charge in [-0.2, -0.15) is 0 Å². The number of ether oxygens (including phenoxy) is 3. The summed E-state index contributed by atoms with van der Waals surface area (Å²) in [5.74, 6) is -0.889. The molecule has 1 aliphatic heterocycles. The maximum Gasteiger partial charge on any atom is 0.335 e. The van der Waals surface area contributed by atoms with Crippen molar-refractivity contribution in [1.29, 1.82) is 0 Å². The Balaban J connectivity index is 1.16. The third-order valence-corrected chi connectivity index (χ3v) is 10.7. The summed E-state index contributed by atoms with van der Waals surface area (Å²) in [5, 5.41) is 24.5. The summed E-state index contributed by atoms with van der Waals surface area (Å²) < 4.78 is 18.3. The van der Waals surface area contributed by atoms with Crippen molar-refractivity contribution in [2.24, 2.45) is 5.92 Å². The highest BCUT2D eigenvalue weighted by Gasteiger charge is 2.38. The zero-order chi connectivity index (χ0) is 38.7. The van der Waals surface area contributed by atoms with Crippen molar-refractivity contribution in [3.05, 3.63) is 161 Å². The van der Waals surface area contributed by atoms with Gasteiger partial charge in [0.25, 0.3) is 0 Å². The third kappa shape index (κ3) is 10.4. The van der Waals surface area contributed by atoms with Crippen LogP contribution in [-0.4, -0.2) is 53.2 Å². The lowest BCUT2D eigenvalue weighted by Gasteiger charge is -2.41. The molecule has 0 bridgehead atoms. The molecule has 1 saturated heterocycles. The van der Waals surface area contributed by atoms with Gasteiger partial charge in [0, 0.05) is 35.1 Å². The Labute approximate surface area is 324 Å². The zero-order valence-corrected chi connectivity index (χ0v) is 31.4. The topological polar surface area (TPSA) is 143 Å². The largest absolute Gasteiger partial charge is 0.478 e. The minimum Gasteiger partial charge on any atom is -0.478 e. The van der Waals surface area contributed by atoms with E-state index in [1.165, 1.54) is 7.11 Å². The number of carbonyl (C=O) groups is 3. The van der Waals surface area contributed by atoms with Gasteiger partial charge in [-0.05, 0) is 69.8 Å². The number of aliphatic hydroxyl groups excluding tert-OH is 1. The first-order chi connectivity index (χ1) is 26.7. The number of carbonyl (C=O) groups excluding carboxylic acids is 2. The summed E-state index contributed by atoms with van der Waals surface area (Å²) in [5.41, 5.74) is 6.53. The van der Waals surface area contributed by atoms with E-state index in [1.807, 2.05) is 115 Å². The number of amides is 2. The van der Waals surface area contributed by atoms with Crippen LogP contribution in [0.15, 0.2) is 132 Å². The van der Waals surface area contributed by atoms with Crippen molar-refractivity contribution in [3.8, 4) is 11.1 Å². The van der Waals surface area contributed by atoms with E-state index in [0.29, 0.717) is 12.2 Å². The lowest BCUT2D eigenvalue weighted by molar-refractivity contribution is -0.268. The molecular formula is C44H44N2O8S. The van der Waals surface area contributed by atoms with Crippen LogP contribution in [0.4, 0.5) is 4.79 Å². The monoisotopic (exact) mass is 760 g/mol. The van der Waals surface area contributed by atoms with Crippen molar-refractivity contribution in [3.63, 3.8) is 0 Å². The highest BCUT2D eigenvalue weighted by Crippen LogP contribution is 2.43. The highest BCUT2D eigenvalue weighted by atomic mass is 32.2. The Morgan fingerprint density at radius 3 is 2.16 bits per heavy atom. The molecule has 55 heavy (non-hydrogen) atoms. The summed E-state index contributed by atoms with van der Waals surface area (Å²) in [7, 11) is 1.30. The van der Waals surface area contributed by atoms with Crippen LogP contribution in [0.2, 0.25) is 0 Å². The predicted molar refractivity (Wildman–Crippen MR) is 210 cm³/mol. The van der Waals surface area contributed by atoms with E-state index in [-0.39, 0.29) is 36.8 Å². The average molecular weight is 761 g/mol. The molecular weight excluding hydrogens is 717 g/mol. The second-order valence-electron chi connectivity index (χ2n) is 13.4. The van der Waals surface area contributed by atoms with Gasteiger partial charge in [0.15, 0.2) is 6.29 Å². The molecule has 0 spiro atoms. The number of benzene rings is 5. The van der Waals surface area contributed by atoms with E-state index in [1.54, 1.807) is 23.9 Å². The number of carboxylic acid groups (broad SMARTS) is 1. The van der Waals surface area contributed by atoms with Crippen molar-refractivity contribution in [2.45, 2.75) is 55.9 Å². The van der Waals surface area contributed by atoms with Crippen molar-refractivity contribution in [1.82, 2.24) is 10.6 Å². The van der Waals surface area contributed by atoms with Gasteiger partial charge >= 0.3 is 18.0 Å². The van der Waals surface area contributed by atoms with E-state index in [0.717, 1.165) is 43.8 Å². The Hall–Kier alpha value is -5.46. The molecule has 6 rings (SSSR count). The minimum atomic E-state index is -0.964. The second-order valence-corrected chi connectivity index (χ2v) is 14.5. The lowest BCUT2D eigenvalue weighted by Crippen LogP contribution is -2.47. The lowest BCUT2D eigenvalue weighted by atomic mass is 9.91. The van der Waals surface area contributed by atoms with E-state index in [2.05, 4.69) is 17.6 Å². The molecule has 5 aromatic carbocycles. The Morgan fingerprint density at radius 1 is 0.782 bits per heavy atom. The summed E-state index contributed by atoms with van der Waals surface area (Å²) >= 11 is 1.60. The molecule has 5 atom stereocenters. The normalized spacial score (nSPS) is 18.5. The fraction of sp³-hybridized carbons (Fsp3) is 0.250. The van der Waals surface area contributed by atoms with Crippen LogP contribution in [0, 0.1) is 5.92 Å². The van der Waals surface area contributed by atoms with Gasteiger partial charge in [-0.3, -0.25) is 0 Å². The van der Waals surface area contributed by atoms with Crippen molar-refractivity contribution >= 4 is 29.7 Å². The van der Waals surface area contributed by atoms with Crippen LogP contribution in [-0.2, 0) is 38.6 Å². The van der Waals surface area contributed by atoms with Crippen LogP contribution >= 0.6 is 11.8 Å². The number of hydrogen-bond acceptors (Lipinski definition) is 8. The number of aliphatic hydroxyl groups is 1. The first-order valence-electron chi connectivity index (χ1n) is 18.0. The molecule has 5 aromatic rings. The zero-order valence-electron chi connectivity index (χ0n) is 30.6. The number of thioether (sulfide) groups is 1. The molecule has 11 heteroatoms. The van der Waals surface area contributed by atoms with Gasteiger partial charge in [0.2, 0.25) is 0 Å². The minimum absolute atomic E-state index is 0.0205. The highest BCUT2D eigenvalue weighted by molar-refractivity contribution is 7.99. The fourth-order valence-corrected chi connectivity index (χ4v) is 7.55. The van der Waals surface area contributed by atoms with Gasteiger partial charge in [-0.25, -0.2) is 14.4 Å². The Morgan fingerprint density at radius 2 is 1.47 bits per heavy atom. The number of urea groups is 1. The number of aromatic carboxylic acids is 1. The Bertz CT molecular complexity index is 2060. The number of hydrogen-bond donors (Lipinski definition) is 4.